The van der Waals surface area contributed by atoms with Gasteiger partial charge in [-0.15, -0.1) is 11.8 Å². The number of hydrogen-bond donors (Lipinski definition) is 1. The minimum Gasteiger partial charge on any atom is -0.489 e. The fourth-order valence-corrected chi connectivity index (χ4v) is 4.55. The van der Waals surface area contributed by atoms with Gasteiger partial charge < -0.3 is 14.4 Å². The topological polar surface area (TPSA) is 72.6 Å². The number of thioether (sulfide) groups is 1. The zero-order valence-electron chi connectivity index (χ0n) is 18.6. The summed E-state index contributed by atoms with van der Waals surface area (Å²) in [6.07, 6.45) is 6.73. The predicted molar refractivity (Wildman–Crippen MR) is 130 cm³/mol. The van der Waals surface area contributed by atoms with Crippen LogP contribution in [0, 0.1) is 0 Å². The van der Waals surface area contributed by atoms with Gasteiger partial charge in [0.05, 0.1) is 16.6 Å². The van der Waals surface area contributed by atoms with Gasteiger partial charge in [-0.3, -0.25) is 4.79 Å². The molecule has 1 heterocycles. The van der Waals surface area contributed by atoms with E-state index in [0.29, 0.717) is 17.2 Å². The molecular weight excluding hydrogens is 446 g/mol. The fourth-order valence-electron chi connectivity index (χ4n) is 3.43. The SMILES string of the molecule is CCCc1c(OCC=CCSc2ccc(C(C)C(=O)O)cc2Cl)ccc2c(CC)noc12. The highest BCUT2D eigenvalue weighted by Crippen LogP contribution is 2.32. The van der Waals surface area contributed by atoms with E-state index < -0.39 is 11.9 Å². The maximum Gasteiger partial charge on any atom is 0.310 e. The van der Waals surface area contributed by atoms with E-state index in [1.807, 2.05) is 36.4 Å². The lowest BCUT2D eigenvalue weighted by atomic mass is 10.0. The summed E-state index contributed by atoms with van der Waals surface area (Å²) in [5.41, 5.74) is 3.58. The van der Waals surface area contributed by atoms with Crippen molar-refractivity contribution in [2.75, 3.05) is 12.4 Å². The van der Waals surface area contributed by atoms with Crippen molar-refractivity contribution in [3.8, 4) is 5.75 Å². The Morgan fingerprint density at radius 2 is 2.09 bits per heavy atom. The number of carbonyl (C=O) groups is 1. The summed E-state index contributed by atoms with van der Waals surface area (Å²) in [5.74, 6) is 0.132. The quantitative estimate of drug-likeness (QED) is 0.241. The van der Waals surface area contributed by atoms with Crippen LogP contribution in [0.1, 0.15) is 49.9 Å². The first-order chi connectivity index (χ1) is 15.5. The minimum absolute atomic E-state index is 0.459. The number of fused-ring (bicyclic) bond motifs is 1. The second kappa shape index (κ2) is 11.4. The van der Waals surface area contributed by atoms with E-state index in [0.717, 1.165) is 57.9 Å². The number of rotatable bonds is 11. The van der Waals surface area contributed by atoms with Gasteiger partial charge in [0.15, 0.2) is 5.58 Å². The van der Waals surface area contributed by atoms with Crippen molar-refractivity contribution in [1.29, 1.82) is 0 Å². The number of hydrogen-bond acceptors (Lipinski definition) is 5. The third-order valence-electron chi connectivity index (χ3n) is 5.27. The van der Waals surface area contributed by atoms with Crippen molar-refractivity contribution in [2.24, 2.45) is 0 Å². The highest BCUT2D eigenvalue weighted by molar-refractivity contribution is 7.99. The Morgan fingerprint density at radius 3 is 2.78 bits per heavy atom. The van der Waals surface area contributed by atoms with Gasteiger partial charge in [0.1, 0.15) is 12.4 Å². The summed E-state index contributed by atoms with van der Waals surface area (Å²) in [4.78, 5) is 12.1. The molecule has 0 spiro atoms. The summed E-state index contributed by atoms with van der Waals surface area (Å²) < 4.78 is 11.6. The highest BCUT2D eigenvalue weighted by Gasteiger charge is 2.16. The molecule has 3 aromatic rings. The van der Waals surface area contributed by atoms with Crippen LogP contribution in [0.15, 0.2) is 51.9 Å². The number of carboxylic acid groups (broad SMARTS) is 1. The Bertz CT molecular complexity index is 1110. The lowest BCUT2D eigenvalue weighted by molar-refractivity contribution is -0.138. The van der Waals surface area contributed by atoms with Crippen LogP contribution < -0.4 is 4.74 Å². The van der Waals surface area contributed by atoms with Gasteiger partial charge in [0.25, 0.3) is 0 Å². The van der Waals surface area contributed by atoms with Crippen LogP contribution in [0.2, 0.25) is 5.02 Å². The van der Waals surface area contributed by atoms with Crippen molar-refractivity contribution < 1.29 is 19.2 Å². The second-order valence-corrected chi connectivity index (χ2v) is 8.96. The first-order valence-corrected chi connectivity index (χ1v) is 12.2. The number of halogens is 1. The number of nitrogens with zero attached hydrogens (tertiary/aromatic N) is 1. The van der Waals surface area contributed by atoms with Gasteiger partial charge >= 0.3 is 5.97 Å². The van der Waals surface area contributed by atoms with Gasteiger partial charge in [0, 0.05) is 21.6 Å². The van der Waals surface area contributed by atoms with Crippen LogP contribution in [0.25, 0.3) is 11.0 Å². The molecule has 7 heteroatoms. The summed E-state index contributed by atoms with van der Waals surface area (Å²) in [6.45, 7) is 6.32. The summed E-state index contributed by atoms with van der Waals surface area (Å²) >= 11 is 7.92. The molecule has 1 aromatic heterocycles. The van der Waals surface area contributed by atoms with Gasteiger partial charge in [-0.05, 0) is 49.6 Å². The maximum absolute atomic E-state index is 11.1. The van der Waals surface area contributed by atoms with Crippen molar-refractivity contribution in [3.05, 3.63) is 64.3 Å². The molecule has 0 aliphatic carbocycles. The van der Waals surface area contributed by atoms with E-state index in [1.54, 1.807) is 24.8 Å². The summed E-state index contributed by atoms with van der Waals surface area (Å²) in [5, 5.41) is 15.0. The average molecular weight is 474 g/mol. The maximum atomic E-state index is 11.1. The van der Waals surface area contributed by atoms with Crippen LogP contribution >= 0.6 is 23.4 Å². The van der Waals surface area contributed by atoms with Crippen LogP contribution in [-0.4, -0.2) is 28.6 Å². The van der Waals surface area contributed by atoms with E-state index in [1.165, 1.54) is 0 Å². The molecule has 0 aliphatic rings. The van der Waals surface area contributed by atoms with Crippen LogP contribution in [-0.2, 0) is 17.6 Å². The Morgan fingerprint density at radius 1 is 1.28 bits per heavy atom. The lowest BCUT2D eigenvalue weighted by Gasteiger charge is -2.10. The van der Waals surface area contributed by atoms with Crippen molar-refractivity contribution in [1.82, 2.24) is 5.16 Å². The second-order valence-electron chi connectivity index (χ2n) is 7.49. The number of aromatic nitrogens is 1. The first kappa shape index (κ1) is 24.2. The molecule has 0 saturated heterocycles. The molecule has 0 fully saturated rings. The molecule has 2 aromatic carbocycles. The molecule has 0 radical (unpaired) electrons. The third kappa shape index (κ3) is 5.67. The Kier molecular flexibility index (Phi) is 8.65. The average Bonchev–Trinajstić information content (AvgIpc) is 3.21. The summed E-state index contributed by atoms with van der Waals surface area (Å²) in [6, 6.07) is 9.45. The van der Waals surface area contributed by atoms with Crippen LogP contribution in [0.5, 0.6) is 5.75 Å². The molecular formula is C25H28ClNO4S. The molecule has 1 atom stereocenters. The van der Waals surface area contributed by atoms with Crippen LogP contribution in [0.4, 0.5) is 0 Å². The molecule has 0 saturated carbocycles. The van der Waals surface area contributed by atoms with Gasteiger partial charge in [-0.2, -0.15) is 0 Å². The molecule has 5 nitrogen and oxygen atoms in total. The number of ether oxygens (including phenoxy) is 1. The molecule has 170 valence electrons. The molecule has 1 unspecified atom stereocenters. The predicted octanol–water partition coefficient (Wildman–Crippen LogP) is 6.91. The number of carboxylic acids is 1. The molecule has 1 N–H and O–H groups in total. The normalized spacial score (nSPS) is 12.5. The zero-order valence-corrected chi connectivity index (χ0v) is 20.1. The van der Waals surface area contributed by atoms with Crippen LogP contribution in [0.3, 0.4) is 0 Å². The molecule has 32 heavy (non-hydrogen) atoms. The van der Waals surface area contributed by atoms with E-state index in [4.69, 9.17) is 26.0 Å². The van der Waals surface area contributed by atoms with Gasteiger partial charge in [0.2, 0.25) is 0 Å². The Labute approximate surface area is 197 Å². The highest BCUT2D eigenvalue weighted by atomic mass is 35.5. The van der Waals surface area contributed by atoms with E-state index >= 15 is 0 Å². The smallest absolute Gasteiger partial charge is 0.310 e. The standard InChI is InChI=1S/C25H28ClNO4S/c1-4-8-19-22(11-10-18-21(5-2)27-31-24(18)19)30-13-6-7-14-32-23-12-9-17(15-20(23)26)16(3)25(28)29/h6-7,9-12,15-16H,4-5,8,13-14H2,1-3H3,(H,28,29). The Balaban J connectivity index is 1.57. The van der Waals surface area contributed by atoms with Gasteiger partial charge in [-0.1, -0.05) is 55.2 Å². The van der Waals surface area contributed by atoms with Gasteiger partial charge in [-0.25, -0.2) is 0 Å². The van der Waals surface area contributed by atoms with E-state index in [2.05, 4.69) is 19.0 Å². The molecule has 0 bridgehead atoms. The van der Waals surface area contributed by atoms with Crippen molar-refractivity contribution >= 4 is 40.3 Å². The summed E-state index contributed by atoms with van der Waals surface area (Å²) in [7, 11) is 0. The van der Waals surface area contributed by atoms with E-state index in [9.17, 15) is 4.79 Å². The minimum atomic E-state index is -0.861. The molecule has 0 aliphatic heterocycles. The molecule has 0 amide bonds. The fraction of sp³-hybridized carbons (Fsp3) is 0.360. The zero-order chi connectivity index (χ0) is 23.1. The lowest BCUT2D eigenvalue weighted by Crippen LogP contribution is -2.07. The monoisotopic (exact) mass is 473 g/mol. The number of aryl methyl sites for hydroxylation is 2. The third-order valence-corrected chi connectivity index (χ3v) is 6.72. The van der Waals surface area contributed by atoms with E-state index in [-0.39, 0.29) is 0 Å². The number of benzene rings is 2. The van der Waals surface area contributed by atoms with Crippen molar-refractivity contribution in [3.63, 3.8) is 0 Å². The van der Waals surface area contributed by atoms with Crippen molar-refractivity contribution in [2.45, 2.75) is 50.8 Å². The number of aliphatic carboxylic acids is 1. The molecule has 3 rings (SSSR count). The largest absolute Gasteiger partial charge is 0.489 e. The Hall–Kier alpha value is -2.44. The first-order valence-electron chi connectivity index (χ1n) is 10.8.